The van der Waals surface area contributed by atoms with Gasteiger partial charge in [-0.15, -0.1) is 0 Å². The summed E-state index contributed by atoms with van der Waals surface area (Å²) in [7, 11) is 6.74. The van der Waals surface area contributed by atoms with E-state index in [9.17, 15) is 0 Å². The Bertz CT molecular complexity index is 516. The highest BCUT2D eigenvalue weighted by molar-refractivity contribution is 5.79. The largest absolute Gasteiger partial charge is 0.493 e. The minimum Gasteiger partial charge on any atom is -0.493 e. The average molecular weight is 323 g/mol. The van der Waals surface area contributed by atoms with Crippen LogP contribution in [-0.2, 0) is 11.2 Å². The highest BCUT2D eigenvalue weighted by Crippen LogP contribution is 2.27. The normalized spacial score (nSPS) is 12.0. The maximum absolute atomic E-state index is 5.38. The van der Waals surface area contributed by atoms with Crippen LogP contribution in [0, 0.1) is 0 Å². The lowest BCUT2D eigenvalue weighted by Crippen LogP contribution is -2.45. The summed E-state index contributed by atoms with van der Waals surface area (Å²) in [6.07, 6.45) is 0.856. The predicted molar refractivity (Wildman–Crippen MR) is 93.7 cm³/mol. The van der Waals surface area contributed by atoms with E-state index in [1.54, 1.807) is 28.4 Å². The van der Waals surface area contributed by atoms with Gasteiger partial charge in [0.2, 0.25) is 0 Å². The van der Waals surface area contributed by atoms with Gasteiger partial charge in [-0.1, -0.05) is 6.07 Å². The number of ether oxygens (including phenoxy) is 3. The van der Waals surface area contributed by atoms with Crippen molar-refractivity contribution in [1.82, 2.24) is 10.6 Å². The molecule has 0 bridgehead atoms. The van der Waals surface area contributed by atoms with Crippen LogP contribution >= 0.6 is 0 Å². The molecular formula is C17H29N3O3. The molecule has 0 aliphatic carbocycles. The maximum atomic E-state index is 5.38. The van der Waals surface area contributed by atoms with Gasteiger partial charge in [-0.05, 0) is 38.0 Å². The molecule has 0 heterocycles. The number of rotatable bonds is 8. The zero-order valence-electron chi connectivity index (χ0n) is 15.0. The van der Waals surface area contributed by atoms with Crippen molar-refractivity contribution in [2.45, 2.75) is 25.9 Å². The second kappa shape index (κ2) is 9.25. The fraction of sp³-hybridized carbons (Fsp3) is 0.588. The van der Waals surface area contributed by atoms with E-state index in [0.717, 1.165) is 30.4 Å². The van der Waals surface area contributed by atoms with Gasteiger partial charge < -0.3 is 24.8 Å². The molecule has 0 spiro atoms. The van der Waals surface area contributed by atoms with Crippen molar-refractivity contribution in [1.29, 1.82) is 0 Å². The van der Waals surface area contributed by atoms with Gasteiger partial charge in [-0.2, -0.15) is 0 Å². The van der Waals surface area contributed by atoms with Crippen molar-refractivity contribution >= 4 is 5.96 Å². The van der Waals surface area contributed by atoms with Crippen LogP contribution in [-0.4, -0.2) is 53.0 Å². The van der Waals surface area contributed by atoms with Crippen LogP contribution in [0.4, 0.5) is 0 Å². The van der Waals surface area contributed by atoms with E-state index in [1.807, 2.05) is 32.0 Å². The molecule has 1 rings (SSSR count). The highest BCUT2D eigenvalue weighted by Gasteiger charge is 2.16. The molecule has 0 fully saturated rings. The number of aliphatic imine (C=N–C) groups is 1. The van der Waals surface area contributed by atoms with E-state index in [1.165, 1.54) is 5.56 Å². The Kier molecular flexibility index (Phi) is 7.68. The molecule has 6 heteroatoms. The molecule has 0 amide bonds. The topological polar surface area (TPSA) is 64.1 Å². The van der Waals surface area contributed by atoms with E-state index < -0.39 is 0 Å². The molecule has 23 heavy (non-hydrogen) atoms. The molecule has 6 nitrogen and oxygen atoms in total. The molecule has 1 aromatic carbocycles. The summed E-state index contributed by atoms with van der Waals surface area (Å²) in [4.78, 5) is 4.21. The van der Waals surface area contributed by atoms with Gasteiger partial charge in [-0.3, -0.25) is 4.99 Å². The van der Waals surface area contributed by atoms with Gasteiger partial charge in [0.1, 0.15) is 0 Å². The predicted octanol–water partition coefficient (Wildman–Crippen LogP) is 1.84. The molecule has 0 radical (unpaired) electrons. The molecule has 0 atom stereocenters. The molecular weight excluding hydrogens is 294 g/mol. The summed E-state index contributed by atoms with van der Waals surface area (Å²) in [5, 5.41) is 6.55. The zero-order valence-corrected chi connectivity index (χ0v) is 15.0. The minimum absolute atomic E-state index is 0.235. The van der Waals surface area contributed by atoms with E-state index in [-0.39, 0.29) is 5.60 Å². The summed E-state index contributed by atoms with van der Waals surface area (Å²) >= 11 is 0. The van der Waals surface area contributed by atoms with Crippen molar-refractivity contribution < 1.29 is 14.2 Å². The molecule has 0 saturated carbocycles. The molecule has 0 aromatic heterocycles. The van der Waals surface area contributed by atoms with Gasteiger partial charge >= 0.3 is 0 Å². The lowest BCUT2D eigenvalue weighted by molar-refractivity contribution is 0.0268. The molecule has 1 aromatic rings. The highest BCUT2D eigenvalue weighted by atomic mass is 16.5. The van der Waals surface area contributed by atoms with Crippen LogP contribution in [0.3, 0.4) is 0 Å². The first-order valence-corrected chi connectivity index (χ1v) is 7.66. The van der Waals surface area contributed by atoms with Gasteiger partial charge in [-0.25, -0.2) is 0 Å². The van der Waals surface area contributed by atoms with Gasteiger partial charge in [0, 0.05) is 27.2 Å². The Labute approximate surface area is 139 Å². The van der Waals surface area contributed by atoms with Crippen LogP contribution in [0.1, 0.15) is 19.4 Å². The first-order valence-electron chi connectivity index (χ1n) is 7.66. The Balaban J connectivity index is 2.49. The summed E-state index contributed by atoms with van der Waals surface area (Å²) in [6.45, 7) is 5.50. The molecule has 0 saturated heterocycles. The summed E-state index contributed by atoms with van der Waals surface area (Å²) < 4.78 is 15.9. The van der Waals surface area contributed by atoms with Crippen molar-refractivity contribution in [2.75, 3.05) is 41.5 Å². The fourth-order valence-corrected chi connectivity index (χ4v) is 1.95. The third kappa shape index (κ3) is 6.36. The van der Waals surface area contributed by atoms with Gasteiger partial charge in [0.05, 0.1) is 19.8 Å². The SMILES string of the molecule is CN=C(NCCc1ccc(OC)c(OC)c1)NCC(C)(C)OC. The summed E-state index contributed by atoms with van der Waals surface area (Å²) in [5.74, 6) is 2.24. The third-order valence-electron chi connectivity index (χ3n) is 3.61. The first kappa shape index (κ1) is 19.1. The first-order chi connectivity index (χ1) is 11.0. The van der Waals surface area contributed by atoms with Crippen LogP contribution < -0.4 is 20.1 Å². The fourth-order valence-electron chi connectivity index (χ4n) is 1.95. The van der Waals surface area contributed by atoms with Gasteiger partial charge in [0.15, 0.2) is 17.5 Å². The van der Waals surface area contributed by atoms with Crippen LogP contribution in [0.2, 0.25) is 0 Å². The Morgan fingerprint density at radius 3 is 2.35 bits per heavy atom. The standard InChI is InChI=1S/C17H29N3O3/c1-17(2,23-6)12-20-16(18-3)19-10-9-13-7-8-14(21-4)15(11-13)22-5/h7-8,11H,9-10,12H2,1-6H3,(H2,18,19,20). The minimum atomic E-state index is -0.235. The number of hydrogen-bond donors (Lipinski definition) is 2. The number of benzene rings is 1. The van der Waals surface area contributed by atoms with Crippen molar-refractivity contribution in [3.05, 3.63) is 23.8 Å². The quantitative estimate of drug-likeness (QED) is 0.564. The Morgan fingerprint density at radius 1 is 1.09 bits per heavy atom. The van der Waals surface area contributed by atoms with Crippen molar-refractivity contribution in [3.8, 4) is 11.5 Å². The van der Waals surface area contributed by atoms with E-state index in [4.69, 9.17) is 14.2 Å². The molecule has 0 aliphatic heterocycles. The summed E-state index contributed by atoms with van der Waals surface area (Å²) in [5.41, 5.74) is 0.934. The third-order valence-corrected chi connectivity index (χ3v) is 3.61. The average Bonchev–Trinajstić information content (AvgIpc) is 2.57. The van der Waals surface area contributed by atoms with Crippen LogP contribution in [0.15, 0.2) is 23.2 Å². The van der Waals surface area contributed by atoms with E-state index in [2.05, 4.69) is 15.6 Å². The zero-order chi connectivity index (χ0) is 17.3. The number of nitrogens with one attached hydrogen (secondary N) is 2. The molecule has 130 valence electrons. The number of guanidine groups is 1. The smallest absolute Gasteiger partial charge is 0.191 e. The van der Waals surface area contributed by atoms with Crippen molar-refractivity contribution in [3.63, 3.8) is 0 Å². The number of nitrogens with zero attached hydrogens (tertiary/aromatic N) is 1. The monoisotopic (exact) mass is 323 g/mol. The van der Waals surface area contributed by atoms with E-state index >= 15 is 0 Å². The second-order valence-electron chi connectivity index (χ2n) is 5.76. The lowest BCUT2D eigenvalue weighted by atomic mass is 10.1. The van der Waals surface area contributed by atoms with E-state index in [0.29, 0.717) is 6.54 Å². The summed E-state index contributed by atoms with van der Waals surface area (Å²) in [6, 6.07) is 5.94. The number of hydrogen-bond acceptors (Lipinski definition) is 4. The Hall–Kier alpha value is -1.95. The van der Waals surface area contributed by atoms with Crippen molar-refractivity contribution in [2.24, 2.45) is 4.99 Å². The van der Waals surface area contributed by atoms with Crippen LogP contribution in [0.5, 0.6) is 11.5 Å². The Morgan fingerprint density at radius 2 is 1.78 bits per heavy atom. The lowest BCUT2D eigenvalue weighted by Gasteiger charge is -2.24. The molecule has 2 N–H and O–H groups in total. The number of methoxy groups -OCH3 is 3. The second-order valence-corrected chi connectivity index (χ2v) is 5.76. The molecule has 0 unspecified atom stereocenters. The maximum Gasteiger partial charge on any atom is 0.191 e. The van der Waals surface area contributed by atoms with Crippen LogP contribution in [0.25, 0.3) is 0 Å². The van der Waals surface area contributed by atoms with Gasteiger partial charge in [0.25, 0.3) is 0 Å². The molecule has 0 aliphatic rings.